The van der Waals surface area contributed by atoms with Crippen LogP contribution in [0.4, 0.5) is 17.2 Å². The third kappa shape index (κ3) is 4.21. The average molecular weight is 599 g/mol. The second-order valence-electron chi connectivity index (χ2n) is 11.2. The number of fused-ring (bicyclic) bond motifs is 6. The molecule has 0 saturated carbocycles. The van der Waals surface area contributed by atoms with E-state index >= 15 is 0 Å². The first-order valence-corrected chi connectivity index (χ1v) is 15.0. The maximum absolute atomic E-state index is 7.00. The minimum Gasteiger partial charge on any atom is -0.456 e. The number of aryl methyl sites for hydroxylation is 1. The van der Waals surface area contributed by atoms with Gasteiger partial charge in [-0.2, -0.15) is 0 Å². The molecule has 7 nitrogen and oxygen atoms in total. The third-order valence-corrected chi connectivity index (χ3v) is 8.32. The molecule has 0 aliphatic carbocycles. The lowest BCUT2D eigenvalue weighted by molar-refractivity contribution is 0.481. The molecule has 0 saturated heterocycles. The Bertz CT molecular complexity index is 2490. The van der Waals surface area contributed by atoms with E-state index in [1.807, 2.05) is 109 Å². The van der Waals surface area contributed by atoms with Gasteiger partial charge in [0, 0.05) is 59.1 Å². The van der Waals surface area contributed by atoms with Crippen LogP contribution in [-0.4, -0.2) is 14.5 Å². The second-order valence-corrected chi connectivity index (χ2v) is 11.2. The van der Waals surface area contributed by atoms with E-state index in [0.29, 0.717) is 22.7 Å². The molecule has 9 aromatic rings. The van der Waals surface area contributed by atoms with Crippen LogP contribution in [0, 0.1) is 0 Å². The zero-order valence-corrected chi connectivity index (χ0v) is 24.8. The number of pyridine rings is 1. The molecule has 4 aromatic heterocycles. The molecular weight excluding hydrogens is 572 g/mol. The summed E-state index contributed by atoms with van der Waals surface area (Å²) in [7, 11) is 1.98. The molecule has 4 heterocycles. The number of ether oxygens (including phenoxy) is 1. The molecule has 7 heteroatoms. The first kappa shape index (κ1) is 26.1. The molecule has 0 aliphatic heterocycles. The summed E-state index contributed by atoms with van der Waals surface area (Å²) in [5, 5.41) is 3.79. The van der Waals surface area contributed by atoms with Crippen molar-refractivity contribution < 1.29 is 13.6 Å². The first-order chi connectivity index (χ1) is 22.7. The van der Waals surface area contributed by atoms with Gasteiger partial charge in [-0.25, -0.2) is 9.97 Å². The lowest BCUT2D eigenvalue weighted by Crippen LogP contribution is -2.11. The zero-order valence-electron chi connectivity index (χ0n) is 24.8. The molecule has 0 atom stereocenters. The van der Waals surface area contributed by atoms with Gasteiger partial charge in [0.05, 0.1) is 11.1 Å². The standard InChI is InChI=1S/C39H26N4O3/c1-42-20-19-41-39(42)25-21-33-37(29-14-6-8-16-32(29)44-33)34(22-25)45-35-24-27(23-30-28-13-5-7-15-31(28)46-38(30)35)43(26-11-3-2-4-12-26)36-17-9-10-18-40-36/h2-24H,1H3. The Morgan fingerprint density at radius 1 is 0.609 bits per heavy atom. The van der Waals surface area contributed by atoms with Gasteiger partial charge >= 0.3 is 0 Å². The maximum atomic E-state index is 7.00. The summed E-state index contributed by atoms with van der Waals surface area (Å²) in [5.41, 5.74) is 5.67. The van der Waals surface area contributed by atoms with Gasteiger partial charge in [-0.15, -0.1) is 0 Å². The van der Waals surface area contributed by atoms with E-state index in [2.05, 4.69) is 40.2 Å². The highest BCUT2D eigenvalue weighted by molar-refractivity contribution is 6.11. The SMILES string of the molecule is Cn1ccnc1-c1cc(Oc2cc(N(c3ccccc3)c3ccccn3)cc3c2oc2ccccc23)c2c(c1)oc1ccccc12. The van der Waals surface area contributed by atoms with E-state index in [9.17, 15) is 0 Å². The number of furan rings is 2. The van der Waals surface area contributed by atoms with E-state index in [-0.39, 0.29) is 0 Å². The van der Waals surface area contributed by atoms with Gasteiger partial charge in [-0.05, 0) is 54.6 Å². The fourth-order valence-electron chi connectivity index (χ4n) is 6.25. The van der Waals surface area contributed by atoms with Gasteiger partial charge in [0.2, 0.25) is 0 Å². The van der Waals surface area contributed by atoms with E-state index in [0.717, 1.165) is 61.3 Å². The Morgan fingerprint density at radius 3 is 2.15 bits per heavy atom. The van der Waals surface area contributed by atoms with Gasteiger partial charge in [0.25, 0.3) is 0 Å². The van der Waals surface area contributed by atoms with Crippen molar-refractivity contribution in [3.63, 3.8) is 0 Å². The minimum absolute atomic E-state index is 0.573. The quantitative estimate of drug-likeness (QED) is 0.190. The molecule has 9 rings (SSSR count). The number of hydrogen-bond donors (Lipinski definition) is 0. The van der Waals surface area contributed by atoms with Crippen molar-refractivity contribution in [2.75, 3.05) is 4.90 Å². The van der Waals surface area contributed by atoms with Crippen molar-refractivity contribution in [1.29, 1.82) is 0 Å². The molecule has 0 radical (unpaired) electrons. The van der Waals surface area contributed by atoms with Crippen molar-refractivity contribution in [3.05, 3.63) is 140 Å². The third-order valence-electron chi connectivity index (χ3n) is 8.32. The van der Waals surface area contributed by atoms with Crippen LogP contribution < -0.4 is 9.64 Å². The number of hydrogen-bond acceptors (Lipinski definition) is 6. The van der Waals surface area contributed by atoms with Crippen LogP contribution in [0.25, 0.3) is 55.3 Å². The Balaban J connectivity index is 1.32. The molecule has 5 aromatic carbocycles. The predicted molar refractivity (Wildman–Crippen MR) is 182 cm³/mol. The minimum atomic E-state index is 0.573. The summed E-state index contributed by atoms with van der Waals surface area (Å²) >= 11 is 0. The molecule has 0 N–H and O–H groups in total. The molecule has 0 unspecified atom stereocenters. The Hall–Kier alpha value is -6.34. The summed E-state index contributed by atoms with van der Waals surface area (Å²) < 4.78 is 21.9. The largest absolute Gasteiger partial charge is 0.456 e. The van der Waals surface area contributed by atoms with Crippen molar-refractivity contribution >= 4 is 61.1 Å². The molecule has 220 valence electrons. The number of anilines is 3. The summed E-state index contributed by atoms with van der Waals surface area (Å²) in [4.78, 5) is 11.5. The Labute approximate surface area is 263 Å². The van der Waals surface area contributed by atoms with Crippen LogP contribution in [0.15, 0.2) is 149 Å². The molecule has 0 aliphatic rings. The fraction of sp³-hybridized carbons (Fsp3) is 0.0256. The van der Waals surface area contributed by atoms with Crippen molar-refractivity contribution in [1.82, 2.24) is 14.5 Å². The van der Waals surface area contributed by atoms with E-state index in [4.69, 9.17) is 18.6 Å². The van der Waals surface area contributed by atoms with Crippen molar-refractivity contribution in [2.45, 2.75) is 0 Å². The van der Waals surface area contributed by atoms with Gasteiger partial charge < -0.3 is 18.1 Å². The topological polar surface area (TPSA) is 69.5 Å². The van der Waals surface area contributed by atoms with Gasteiger partial charge in [-0.1, -0.05) is 60.7 Å². The fourth-order valence-corrected chi connectivity index (χ4v) is 6.25. The highest BCUT2D eigenvalue weighted by Crippen LogP contribution is 2.46. The predicted octanol–water partition coefficient (Wildman–Crippen LogP) is 10.5. The molecule has 0 bridgehead atoms. The smallest absolute Gasteiger partial charge is 0.178 e. The molecule has 46 heavy (non-hydrogen) atoms. The van der Waals surface area contributed by atoms with Crippen molar-refractivity contribution in [2.24, 2.45) is 7.05 Å². The van der Waals surface area contributed by atoms with Crippen LogP contribution in [0.2, 0.25) is 0 Å². The Kier molecular flexibility index (Phi) is 5.89. The monoisotopic (exact) mass is 598 g/mol. The van der Waals surface area contributed by atoms with E-state index < -0.39 is 0 Å². The van der Waals surface area contributed by atoms with Crippen LogP contribution in [0.5, 0.6) is 11.5 Å². The number of para-hydroxylation sites is 3. The van der Waals surface area contributed by atoms with E-state index in [1.54, 1.807) is 12.4 Å². The normalized spacial score (nSPS) is 11.6. The van der Waals surface area contributed by atoms with Crippen LogP contribution in [0.3, 0.4) is 0 Å². The van der Waals surface area contributed by atoms with Gasteiger partial charge in [0.15, 0.2) is 11.3 Å². The molecule has 0 fully saturated rings. The highest BCUT2D eigenvalue weighted by atomic mass is 16.5. The number of benzene rings is 5. The summed E-state index contributed by atoms with van der Waals surface area (Å²) in [5.74, 6) is 2.81. The number of nitrogens with zero attached hydrogens (tertiary/aromatic N) is 4. The molecular formula is C39H26N4O3. The highest BCUT2D eigenvalue weighted by Gasteiger charge is 2.23. The lowest BCUT2D eigenvalue weighted by atomic mass is 10.1. The zero-order chi connectivity index (χ0) is 30.6. The number of rotatable bonds is 6. The molecule has 0 spiro atoms. The maximum Gasteiger partial charge on any atom is 0.178 e. The average Bonchev–Trinajstić information content (AvgIpc) is 3.81. The first-order valence-electron chi connectivity index (χ1n) is 15.0. The second kappa shape index (κ2) is 10.4. The van der Waals surface area contributed by atoms with Crippen LogP contribution in [-0.2, 0) is 7.05 Å². The number of imidazole rings is 1. The summed E-state index contributed by atoms with van der Waals surface area (Å²) in [6, 6.07) is 40.4. The number of aromatic nitrogens is 3. The Morgan fingerprint density at radius 2 is 1.37 bits per heavy atom. The summed E-state index contributed by atoms with van der Waals surface area (Å²) in [6.07, 6.45) is 5.52. The molecule has 0 amide bonds. The van der Waals surface area contributed by atoms with Crippen LogP contribution >= 0.6 is 0 Å². The van der Waals surface area contributed by atoms with Crippen molar-refractivity contribution in [3.8, 4) is 22.9 Å². The lowest BCUT2D eigenvalue weighted by Gasteiger charge is -2.25. The van der Waals surface area contributed by atoms with Gasteiger partial charge in [-0.3, -0.25) is 4.90 Å². The summed E-state index contributed by atoms with van der Waals surface area (Å²) in [6.45, 7) is 0. The van der Waals surface area contributed by atoms with Gasteiger partial charge in [0.1, 0.15) is 34.1 Å². The van der Waals surface area contributed by atoms with Crippen LogP contribution in [0.1, 0.15) is 0 Å². The van der Waals surface area contributed by atoms with E-state index in [1.165, 1.54) is 0 Å².